The van der Waals surface area contributed by atoms with Crippen LogP contribution in [0.2, 0.25) is 0 Å². The molecule has 7 heteroatoms. The normalized spacial score (nSPS) is 10.7. The molecule has 90 valence electrons. The maximum atomic E-state index is 11.8. The Hall–Kier alpha value is -2.70. The van der Waals surface area contributed by atoms with Crippen molar-refractivity contribution in [2.75, 3.05) is 5.32 Å². The van der Waals surface area contributed by atoms with E-state index >= 15 is 0 Å². The molecular formula is C11H10N6O. The lowest BCUT2D eigenvalue weighted by atomic mass is 10.3. The molecule has 2 N–H and O–H groups in total. The number of benzene rings is 1. The summed E-state index contributed by atoms with van der Waals surface area (Å²) in [7, 11) is 0. The first-order valence-electron chi connectivity index (χ1n) is 5.38. The van der Waals surface area contributed by atoms with Crippen LogP contribution in [0.4, 0.5) is 11.6 Å². The maximum Gasteiger partial charge on any atom is 0.295 e. The molecule has 0 spiro atoms. The molecule has 0 aliphatic heterocycles. The predicted octanol–water partition coefficient (Wildman–Crippen LogP) is 0.865. The van der Waals surface area contributed by atoms with Crippen LogP contribution in [-0.2, 0) is 0 Å². The van der Waals surface area contributed by atoms with Gasteiger partial charge in [-0.1, -0.05) is 18.2 Å². The van der Waals surface area contributed by atoms with Crippen LogP contribution in [0.25, 0.3) is 5.78 Å². The summed E-state index contributed by atoms with van der Waals surface area (Å²) >= 11 is 0. The predicted molar refractivity (Wildman–Crippen MR) is 65.9 cm³/mol. The molecule has 2 aromatic heterocycles. The second-order valence-corrected chi connectivity index (χ2v) is 3.79. The van der Waals surface area contributed by atoms with Crippen LogP contribution >= 0.6 is 0 Å². The SMILES string of the molecule is Cc1nnc2nc(Nc3ccccc3)[nH]n2c1=O. The van der Waals surface area contributed by atoms with Gasteiger partial charge in [0.1, 0.15) is 5.69 Å². The van der Waals surface area contributed by atoms with E-state index in [1.807, 2.05) is 30.3 Å². The summed E-state index contributed by atoms with van der Waals surface area (Å²) in [5, 5.41) is 13.4. The van der Waals surface area contributed by atoms with E-state index in [1.54, 1.807) is 6.92 Å². The van der Waals surface area contributed by atoms with Crippen molar-refractivity contribution in [1.82, 2.24) is 24.8 Å². The second-order valence-electron chi connectivity index (χ2n) is 3.79. The Morgan fingerprint density at radius 2 is 2.00 bits per heavy atom. The highest BCUT2D eigenvalue weighted by Crippen LogP contribution is 2.11. The van der Waals surface area contributed by atoms with E-state index in [0.717, 1.165) is 5.69 Å². The molecule has 0 amide bonds. The Labute approximate surface area is 101 Å². The smallest absolute Gasteiger partial charge is 0.295 e. The summed E-state index contributed by atoms with van der Waals surface area (Å²) in [6.07, 6.45) is 0. The zero-order chi connectivity index (χ0) is 12.5. The summed E-state index contributed by atoms with van der Waals surface area (Å²) in [6.45, 7) is 1.60. The molecule has 0 unspecified atom stereocenters. The number of anilines is 2. The minimum absolute atomic E-state index is 0.240. The Bertz CT molecular complexity index is 745. The molecule has 0 bridgehead atoms. The van der Waals surface area contributed by atoms with Crippen molar-refractivity contribution >= 4 is 17.4 Å². The van der Waals surface area contributed by atoms with Gasteiger partial charge in [-0.05, 0) is 19.1 Å². The summed E-state index contributed by atoms with van der Waals surface area (Å²) < 4.78 is 1.26. The standard InChI is InChI=1S/C11H10N6O/c1-7-9(18)17-11(15-14-7)13-10(16-17)12-8-5-3-2-4-6-8/h2-6H,1H3,(H2,12,13,15,16). The van der Waals surface area contributed by atoms with Crippen molar-refractivity contribution in [3.05, 3.63) is 46.4 Å². The highest BCUT2D eigenvalue weighted by Gasteiger charge is 2.07. The number of hydrogen-bond acceptors (Lipinski definition) is 5. The molecular weight excluding hydrogens is 232 g/mol. The van der Waals surface area contributed by atoms with E-state index in [2.05, 4.69) is 25.6 Å². The average molecular weight is 242 g/mol. The summed E-state index contributed by atoms with van der Waals surface area (Å²) in [5.41, 5.74) is 0.935. The average Bonchev–Trinajstić information content (AvgIpc) is 2.79. The van der Waals surface area contributed by atoms with E-state index in [1.165, 1.54) is 4.52 Å². The Kier molecular flexibility index (Phi) is 2.30. The van der Waals surface area contributed by atoms with Crippen molar-refractivity contribution in [1.29, 1.82) is 0 Å². The van der Waals surface area contributed by atoms with Crippen molar-refractivity contribution in [2.45, 2.75) is 6.92 Å². The molecule has 0 fully saturated rings. The van der Waals surface area contributed by atoms with Gasteiger partial charge in [0.05, 0.1) is 0 Å². The van der Waals surface area contributed by atoms with Gasteiger partial charge in [0.25, 0.3) is 11.3 Å². The highest BCUT2D eigenvalue weighted by atomic mass is 16.1. The first-order valence-corrected chi connectivity index (χ1v) is 5.38. The summed E-state index contributed by atoms with van der Waals surface area (Å²) in [5.74, 6) is 0.683. The number of hydrogen-bond donors (Lipinski definition) is 2. The third-order valence-electron chi connectivity index (χ3n) is 2.47. The zero-order valence-electron chi connectivity index (χ0n) is 9.58. The molecule has 2 heterocycles. The van der Waals surface area contributed by atoms with Gasteiger partial charge in [0.2, 0.25) is 5.95 Å². The molecule has 0 saturated heterocycles. The van der Waals surface area contributed by atoms with Gasteiger partial charge in [-0.25, -0.2) is 0 Å². The molecule has 3 aromatic rings. The number of H-pyrrole nitrogens is 1. The van der Waals surface area contributed by atoms with Crippen LogP contribution in [0, 0.1) is 6.92 Å². The topological polar surface area (TPSA) is 88.0 Å². The molecule has 0 aliphatic rings. The number of aromatic nitrogens is 5. The van der Waals surface area contributed by atoms with Crippen molar-refractivity contribution < 1.29 is 0 Å². The van der Waals surface area contributed by atoms with Crippen molar-refractivity contribution in [3.8, 4) is 0 Å². The van der Waals surface area contributed by atoms with E-state index in [4.69, 9.17) is 0 Å². The monoisotopic (exact) mass is 242 g/mol. The summed E-state index contributed by atoms with van der Waals surface area (Å²) in [6, 6.07) is 9.52. The second kappa shape index (κ2) is 3.95. The molecule has 7 nitrogen and oxygen atoms in total. The fourth-order valence-corrected chi connectivity index (χ4v) is 1.58. The van der Waals surface area contributed by atoms with Crippen LogP contribution in [0.3, 0.4) is 0 Å². The van der Waals surface area contributed by atoms with Gasteiger partial charge in [-0.3, -0.25) is 9.89 Å². The quantitative estimate of drug-likeness (QED) is 0.696. The zero-order valence-corrected chi connectivity index (χ0v) is 9.58. The van der Waals surface area contributed by atoms with Gasteiger partial charge < -0.3 is 5.32 Å². The lowest BCUT2D eigenvalue weighted by Gasteiger charge is -1.99. The van der Waals surface area contributed by atoms with Gasteiger partial charge in [0.15, 0.2) is 0 Å². The van der Waals surface area contributed by atoms with E-state index < -0.39 is 0 Å². The Morgan fingerprint density at radius 1 is 1.22 bits per heavy atom. The van der Waals surface area contributed by atoms with Crippen LogP contribution in [0.1, 0.15) is 5.69 Å². The molecule has 0 atom stereocenters. The van der Waals surface area contributed by atoms with Gasteiger partial charge in [-0.15, -0.1) is 10.2 Å². The Balaban J connectivity index is 2.04. The molecule has 18 heavy (non-hydrogen) atoms. The first-order chi connectivity index (χ1) is 8.74. The lowest BCUT2D eigenvalue weighted by molar-refractivity contribution is 0.824. The van der Waals surface area contributed by atoms with Gasteiger partial charge in [0, 0.05) is 5.69 Å². The number of fused-ring (bicyclic) bond motifs is 1. The number of para-hydroxylation sites is 1. The fourth-order valence-electron chi connectivity index (χ4n) is 1.58. The van der Waals surface area contributed by atoms with Crippen molar-refractivity contribution in [3.63, 3.8) is 0 Å². The number of nitrogens with one attached hydrogen (secondary N) is 2. The molecule has 3 rings (SSSR count). The maximum absolute atomic E-state index is 11.8. The minimum Gasteiger partial charge on any atom is -0.325 e. The number of rotatable bonds is 2. The van der Waals surface area contributed by atoms with Crippen LogP contribution in [0.5, 0.6) is 0 Å². The largest absolute Gasteiger partial charge is 0.325 e. The van der Waals surface area contributed by atoms with Crippen molar-refractivity contribution in [2.24, 2.45) is 0 Å². The minimum atomic E-state index is -0.256. The Morgan fingerprint density at radius 3 is 2.78 bits per heavy atom. The summed E-state index contributed by atoms with van der Waals surface area (Å²) in [4.78, 5) is 15.9. The van der Waals surface area contributed by atoms with Crippen LogP contribution < -0.4 is 10.9 Å². The first kappa shape index (κ1) is 10.5. The van der Waals surface area contributed by atoms with Gasteiger partial charge >= 0.3 is 0 Å². The molecule has 0 radical (unpaired) electrons. The highest BCUT2D eigenvalue weighted by molar-refractivity contribution is 5.53. The van der Waals surface area contributed by atoms with E-state index in [-0.39, 0.29) is 11.3 Å². The lowest BCUT2D eigenvalue weighted by Crippen LogP contribution is -2.19. The molecule has 0 aliphatic carbocycles. The number of nitrogens with zero attached hydrogens (tertiary/aromatic N) is 4. The molecule has 0 saturated carbocycles. The van der Waals surface area contributed by atoms with Crippen LogP contribution in [-0.4, -0.2) is 24.8 Å². The molecule has 1 aromatic carbocycles. The van der Waals surface area contributed by atoms with E-state index in [9.17, 15) is 4.79 Å². The third kappa shape index (κ3) is 1.71. The van der Waals surface area contributed by atoms with Crippen LogP contribution in [0.15, 0.2) is 35.1 Å². The number of aromatic amines is 1. The van der Waals surface area contributed by atoms with Gasteiger partial charge in [-0.2, -0.15) is 9.50 Å². The van der Waals surface area contributed by atoms with E-state index in [0.29, 0.717) is 11.6 Å². The fraction of sp³-hybridized carbons (Fsp3) is 0.0909. The number of aryl methyl sites for hydroxylation is 1. The third-order valence-corrected chi connectivity index (χ3v) is 2.47.